The minimum absolute atomic E-state index is 0. The molecule has 22 heavy (non-hydrogen) atoms. The van der Waals surface area contributed by atoms with Crippen molar-refractivity contribution in [1.82, 2.24) is 9.62 Å². The quantitative estimate of drug-likeness (QED) is 0.425. The second kappa shape index (κ2) is 8.11. The number of sulfonamides is 1. The van der Waals surface area contributed by atoms with Crippen molar-refractivity contribution in [3.63, 3.8) is 0 Å². The van der Waals surface area contributed by atoms with E-state index in [-0.39, 0.29) is 41.0 Å². The maximum absolute atomic E-state index is 12.3. The van der Waals surface area contributed by atoms with Crippen LogP contribution in [0.2, 0.25) is 0 Å². The first kappa shape index (κ1) is 21.1. The Morgan fingerprint density at radius 2 is 1.82 bits per heavy atom. The number of nitrogens with zero attached hydrogens (tertiary/aromatic N) is 2. The Bertz CT molecular complexity index is 622. The van der Waals surface area contributed by atoms with Crippen LogP contribution < -0.4 is 11.1 Å². The van der Waals surface area contributed by atoms with Gasteiger partial charge in [0.2, 0.25) is 10.0 Å². The van der Waals surface area contributed by atoms with Gasteiger partial charge in [0.25, 0.3) is 0 Å². The average molecular weight is 440 g/mol. The van der Waals surface area contributed by atoms with Crippen LogP contribution in [0.4, 0.5) is 0 Å². The minimum atomic E-state index is -3.49. The van der Waals surface area contributed by atoms with Gasteiger partial charge in [-0.15, -0.1) is 24.0 Å². The van der Waals surface area contributed by atoms with Crippen LogP contribution >= 0.6 is 24.0 Å². The molecule has 8 heteroatoms. The van der Waals surface area contributed by atoms with Crippen molar-refractivity contribution in [2.24, 2.45) is 10.7 Å². The molecule has 0 spiro atoms. The van der Waals surface area contributed by atoms with Crippen LogP contribution in [-0.2, 0) is 16.6 Å². The summed E-state index contributed by atoms with van der Waals surface area (Å²) in [6, 6.07) is 6.80. The van der Waals surface area contributed by atoms with Gasteiger partial charge in [0, 0.05) is 19.6 Å². The number of hydrogen-bond acceptors (Lipinski definition) is 3. The fraction of sp³-hybridized carbons (Fsp3) is 0.500. The van der Waals surface area contributed by atoms with Crippen LogP contribution in [0.25, 0.3) is 0 Å². The third-order valence-corrected chi connectivity index (χ3v) is 4.57. The van der Waals surface area contributed by atoms with Crippen LogP contribution in [0.3, 0.4) is 0 Å². The summed E-state index contributed by atoms with van der Waals surface area (Å²) < 4.78 is 25.7. The van der Waals surface area contributed by atoms with E-state index in [1.165, 1.54) is 18.4 Å². The summed E-state index contributed by atoms with van der Waals surface area (Å²) in [5, 5.41) is 3.04. The van der Waals surface area contributed by atoms with E-state index in [1.807, 2.05) is 20.8 Å². The fourth-order valence-corrected chi connectivity index (χ4v) is 2.78. The largest absolute Gasteiger partial charge is 0.370 e. The zero-order valence-electron chi connectivity index (χ0n) is 13.6. The van der Waals surface area contributed by atoms with Gasteiger partial charge < -0.3 is 11.1 Å². The summed E-state index contributed by atoms with van der Waals surface area (Å²) >= 11 is 0. The van der Waals surface area contributed by atoms with Crippen LogP contribution in [0, 0.1) is 0 Å². The number of halogens is 1. The first-order valence-corrected chi connectivity index (χ1v) is 8.06. The van der Waals surface area contributed by atoms with Crippen molar-refractivity contribution in [1.29, 1.82) is 0 Å². The van der Waals surface area contributed by atoms with Gasteiger partial charge in [-0.05, 0) is 32.4 Å². The molecule has 0 aliphatic carbocycles. The number of benzene rings is 1. The standard InChI is InChI=1S/C14H24N4O2S.HI/c1-14(2,3)17-13(15)16-10-11-8-6-7-9-12(11)21(19,20)18(4)5;/h6-9H,10H2,1-5H3,(H3,15,16,17);1H. The van der Waals surface area contributed by atoms with Crippen LogP contribution in [0.5, 0.6) is 0 Å². The summed E-state index contributed by atoms with van der Waals surface area (Å²) in [5.41, 5.74) is 6.23. The molecular formula is C14H25IN4O2S. The molecule has 1 aromatic rings. The average Bonchev–Trinajstić information content (AvgIpc) is 2.34. The summed E-state index contributed by atoms with van der Waals surface area (Å²) in [4.78, 5) is 4.47. The van der Waals surface area contributed by atoms with Gasteiger partial charge in [0.15, 0.2) is 5.96 Å². The van der Waals surface area contributed by atoms with Gasteiger partial charge >= 0.3 is 0 Å². The van der Waals surface area contributed by atoms with Crippen LogP contribution in [0.15, 0.2) is 34.2 Å². The lowest BCUT2D eigenvalue weighted by Gasteiger charge is -2.21. The van der Waals surface area contributed by atoms with Crippen molar-refractivity contribution < 1.29 is 8.42 Å². The lowest BCUT2D eigenvalue weighted by molar-refractivity contribution is 0.507. The van der Waals surface area contributed by atoms with Gasteiger partial charge in [-0.25, -0.2) is 17.7 Å². The van der Waals surface area contributed by atoms with Crippen molar-refractivity contribution in [2.45, 2.75) is 37.8 Å². The van der Waals surface area contributed by atoms with Gasteiger partial charge in [-0.1, -0.05) is 18.2 Å². The van der Waals surface area contributed by atoms with Gasteiger partial charge in [-0.2, -0.15) is 0 Å². The molecule has 0 bridgehead atoms. The van der Waals surface area contributed by atoms with E-state index in [0.717, 1.165) is 0 Å². The number of nitrogens with two attached hydrogens (primary N) is 1. The van der Waals surface area contributed by atoms with E-state index in [4.69, 9.17) is 5.73 Å². The van der Waals surface area contributed by atoms with Crippen molar-refractivity contribution in [2.75, 3.05) is 14.1 Å². The Morgan fingerprint density at radius 1 is 1.27 bits per heavy atom. The Kier molecular flexibility index (Phi) is 7.79. The molecule has 0 fully saturated rings. The fourth-order valence-electron chi connectivity index (χ4n) is 1.68. The third-order valence-electron chi connectivity index (χ3n) is 2.65. The second-order valence-electron chi connectivity index (χ2n) is 5.97. The van der Waals surface area contributed by atoms with Crippen molar-refractivity contribution >= 4 is 40.0 Å². The summed E-state index contributed by atoms with van der Waals surface area (Å²) in [6.45, 7) is 6.12. The molecule has 0 saturated carbocycles. The zero-order valence-corrected chi connectivity index (χ0v) is 16.8. The number of guanidine groups is 1. The van der Waals surface area contributed by atoms with Crippen molar-refractivity contribution in [3.8, 4) is 0 Å². The topological polar surface area (TPSA) is 87.8 Å². The SMILES string of the molecule is CN(C)S(=O)(=O)c1ccccc1CN=C(N)NC(C)(C)C.I. The lowest BCUT2D eigenvalue weighted by Crippen LogP contribution is -2.45. The highest BCUT2D eigenvalue weighted by Gasteiger charge is 2.20. The van der Waals surface area contributed by atoms with E-state index < -0.39 is 10.0 Å². The molecule has 1 rings (SSSR count). The predicted octanol–water partition coefficient (Wildman–Crippen LogP) is 1.76. The van der Waals surface area contributed by atoms with E-state index in [2.05, 4.69) is 10.3 Å². The molecule has 0 amide bonds. The Labute approximate surface area is 150 Å². The first-order valence-electron chi connectivity index (χ1n) is 6.62. The molecule has 0 aliphatic rings. The zero-order chi connectivity index (χ0) is 16.3. The van der Waals surface area contributed by atoms with E-state index >= 15 is 0 Å². The summed E-state index contributed by atoms with van der Waals surface area (Å²) in [7, 11) is -0.478. The maximum Gasteiger partial charge on any atom is 0.242 e. The normalized spacial score (nSPS) is 12.9. The number of aliphatic imine (C=N–C) groups is 1. The monoisotopic (exact) mass is 440 g/mol. The van der Waals surface area contributed by atoms with Crippen molar-refractivity contribution in [3.05, 3.63) is 29.8 Å². The van der Waals surface area contributed by atoms with Crippen LogP contribution in [-0.4, -0.2) is 38.3 Å². The lowest BCUT2D eigenvalue weighted by atomic mass is 10.1. The highest BCUT2D eigenvalue weighted by atomic mass is 127. The highest BCUT2D eigenvalue weighted by Crippen LogP contribution is 2.19. The van der Waals surface area contributed by atoms with Crippen LogP contribution in [0.1, 0.15) is 26.3 Å². The van der Waals surface area contributed by atoms with Gasteiger partial charge in [-0.3, -0.25) is 0 Å². The number of rotatable bonds is 4. The molecule has 0 saturated heterocycles. The Balaban J connectivity index is 0.00000441. The van der Waals surface area contributed by atoms with Gasteiger partial charge in [0.1, 0.15) is 0 Å². The Morgan fingerprint density at radius 3 is 2.32 bits per heavy atom. The Hall–Kier alpha value is -0.870. The molecular weight excluding hydrogens is 415 g/mol. The van der Waals surface area contributed by atoms with E-state index in [1.54, 1.807) is 24.3 Å². The van der Waals surface area contributed by atoms with E-state index in [0.29, 0.717) is 11.5 Å². The van der Waals surface area contributed by atoms with Gasteiger partial charge in [0.05, 0.1) is 11.4 Å². The molecule has 3 N–H and O–H groups in total. The molecule has 0 aromatic heterocycles. The number of nitrogens with one attached hydrogen (secondary N) is 1. The maximum atomic E-state index is 12.3. The predicted molar refractivity (Wildman–Crippen MR) is 101 cm³/mol. The third kappa shape index (κ3) is 6.09. The minimum Gasteiger partial charge on any atom is -0.370 e. The molecule has 6 nitrogen and oxygen atoms in total. The smallest absolute Gasteiger partial charge is 0.242 e. The summed E-state index contributed by atoms with van der Waals surface area (Å²) in [6.07, 6.45) is 0. The molecule has 0 unspecified atom stereocenters. The molecule has 126 valence electrons. The summed E-state index contributed by atoms with van der Waals surface area (Å²) in [5.74, 6) is 0.291. The highest BCUT2D eigenvalue weighted by molar-refractivity contribution is 14.0. The molecule has 0 heterocycles. The second-order valence-corrected chi connectivity index (χ2v) is 8.09. The molecule has 0 aliphatic heterocycles. The van der Waals surface area contributed by atoms with E-state index in [9.17, 15) is 8.42 Å². The molecule has 0 radical (unpaired) electrons. The molecule has 0 atom stereocenters. The number of hydrogen-bond donors (Lipinski definition) is 2. The molecule has 1 aromatic carbocycles. The first-order chi connectivity index (χ1) is 9.54.